The third-order valence-electron chi connectivity index (χ3n) is 4.55. The molecule has 0 aliphatic carbocycles. The number of aliphatic hydroxyl groups excluding tert-OH is 1. The molecule has 126 valence electrons. The summed E-state index contributed by atoms with van der Waals surface area (Å²) >= 11 is 0. The minimum atomic E-state index is -0.393. The van der Waals surface area contributed by atoms with Crippen LogP contribution in [0.5, 0.6) is 0 Å². The van der Waals surface area contributed by atoms with E-state index < -0.39 is 6.10 Å². The Morgan fingerprint density at radius 1 is 0.833 bits per heavy atom. The van der Waals surface area contributed by atoms with Gasteiger partial charge in [-0.1, -0.05) is 72.8 Å². The first kappa shape index (κ1) is 16.9. The highest BCUT2D eigenvalue weighted by Crippen LogP contribution is 2.15. The fraction of sp³-hybridized carbons (Fsp3) is 0.333. The molecule has 0 bridgehead atoms. The van der Waals surface area contributed by atoms with Crippen molar-refractivity contribution in [2.24, 2.45) is 0 Å². The second-order valence-corrected chi connectivity index (χ2v) is 6.34. The monoisotopic (exact) mass is 322 g/mol. The van der Waals surface area contributed by atoms with Crippen LogP contribution in [-0.4, -0.2) is 54.2 Å². The number of β-amino-alcohol motifs (C(OH)–C–C–N with tert-alkyl or cyclic N) is 1. The fourth-order valence-corrected chi connectivity index (χ4v) is 3.08. The lowest BCUT2D eigenvalue weighted by Crippen LogP contribution is -2.47. The molecule has 1 N–H and O–H groups in total. The van der Waals surface area contributed by atoms with Crippen molar-refractivity contribution in [3.8, 4) is 0 Å². The topological polar surface area (TPSA) is 26.7 Å². The van der Waals surface area contributed by atoms with E-state index >= 15 is 0 Å². The van der Waals surface area contributed by atoms with Crippen LogP contribution < -0.4 is 0 Å². The van der Waals surface area contributed by atoms with E-state index in [1.807, 2.05) is 36.4 Å². The molecule has 3 nitrogen and oxygen atoms in total. The average molecular weight is 322 g/mol. The van der Waals surface area contributed by atoms with Gasteiger partial charge in [-0.3, -0.25) is 9.80 Å². The minimum absolute atomic E-state index is 0.393. The summed E-state index contributed by atoms with van der Waals surface area (Å²) in [5.74, 6) is 0. The van der Waals surface area contributed by atoms with Gasteiger partial charge in [0.25, 0.3) is 0 Å². The minimum Gasteiger partial charge on any atom is -0.387 e. The molecule has 1 atom stereocenters. The Hall–Kier alpha value is -1.94. The highest BCUT2D eigenvalue weighted by molar-refractivity contribution is 5.48. The molecule has 1 unspecified atom stereocenters. The molecule has 1 heterocycles. The number of aliphatic hydroxyl groups is 1. The third-order valence-corrected chi connectivity index (χ3v) is 4.55. The lowest BCUT2D eigenvalue weighted by molar-refractivity contribution is 0.0764. The zero-order valence-corrected chi connectivity index (χ0v) is 14.1. The predicted octanol–water partition coefficient (Wildman–Crippen LogP) is 3.05. The van der Waals surface area contributed by atoms with E-state index in [-0.39, 0.29) is 0 Å². The van der Waals surface area contributed by atoms with Gasteiger partial charge in [0.2, 0.25) is 0 Å². The number of hydrogen-bond donors (Lipinski definition) is 1. The molecule has 0 spiro atoms. The van der Waals surface area contributed by atoms with Crippen molar-refractivity contribution in [3.63, 3.8) is 0 Å². The van der Waals surface area contributed by atoms with E-state index in [0.29, 0.717) is 0 Å². The predicted molar refractivity (Wildman–Crippen MR) is 99.8 cm³/mol. The number of nitrogens with zero attached hydrogens (tertiary/aromatic N) is 2. The van der Waals surface area contributed by atoms with Gasteiger partial charge in [0.05, 0.1) is 6.10 Å². The summed E-state index contributed by atoms with van der Waals surface area (Å²) < 4.78 is 0. The normalized spacial score (nSPS) is 18.0. The second-order valence-electron chi connectivity index (χ2n) is 6.34. The van der Waals surface area contributed by atoms with Gasteiger partial charge >= 0.3 is 0 Å². The van der Waals surface area contributed by atoms with Crippen molar-refractivity contribution < 1.29 is 5.11 Å². The highest BCUT2D eigenvalue weighted by atomic mass is 16.3. The van der Waals surface area contributed by atoms with Crippen molar-refractivity contribution in [1.29, 1.82) is 0 Å². The Balaban J connectivity index is 1.40. The van der Waals surface area contributed by atoms with E-state index in [0.717, 1.165) is 44.8 Å². The molecule has 0 radical (unpaired) electrons. The highest BCUT2D eigenvalue weighted by Gasteiger charge is 2.19. The molecular formula is C21H26N2O. The Morgan fingerprint density at radius 2 is 1.42 bits per heavy atom. The maximum atomic E-state index is 10.3. The van der Waals surface area contributed by atoms with E-state index in [2.05, 4.69) is 46.2 Å². The molecule has 24 heavy (non-hydrogen) atoms. The van der Waals surface area contributed by atoms with Crippen LogP contribution >= 0.6 is 0 Å². The zero-order valence-electron chi connectivity index (χ0n) is 14.1. The summed E-state index contributed by atoms with van der Waals surface area (Å²) in [6, 6.07) is 20.4. The molecule has 2 aromatic carbocycles. The molecule has 0 aromatic heterocycles. The molecule has 2 aromatic rings. The van der Waals surface area contributed by atoms with Crippen molar-refractivity contribution in [2.45, 2.75) is 6.10 Å². The molecule has 3 heteroatoms. The molecule has 1 saturated heterocycles. The Bertz CT molecular complexity index is 619. The van der Waals surface area contributed by atoms with Crippen LogP contribution in [0.4, 0.5) is 0 Å². The summed E-state index contributed by atoms with van der Waals surface area (Å²) in [6.07, 6.45) is 4.03. The van der Waals surface area contributed by atoms with Gasteiger partial charge in [0, 0.05) is 39.3 Å². The van der Waals surface area contributed by atoms with Crippen molar-refractivity contribution >= 4 is 6.08 Å². The maximum absolute atomic E-state index is 10.3. The van der Waals surface area contributed by atoms with Gasteiger partial charge in [0.1, 0.15) is 0 Å². The maximum Gasteiger partial charge on any atom is 0.0916 e. The fourth-order valence-electron chi connectivity index (χ4n) is 3.08. The molecular weight excluding hydrogens is 296 g/mol. The third kappa shape index (κ3) is 5.03. The van der Waals surface area contributed by atoms with Gasteiger partial charge in [0.15, 0.2) is 0 Å². The molecule has 0 saturated carbocycles. The molecule has 1 aliphatic heterocycles. The van der Waals surface area contributed by atoms with Gasteiger partial charge in [-0.15, -0.1) is 0 Å². The van der Waals surface area contributed by atoms with E-state index in [1.165, 1.54) is 5.56 Å². The first-order chi connectivity index (χ1) is 11.8. The van der Waals surface area contributed by atoms with Gasteiger partial charge in [-0.05, 0) is 11.1 Å². The van der Waals surface area contributed by atoms with Gasteiger partial charge in [-0.2, -0.15) is 0 Å². The van der Waals surface area contributed by atoms with Gasteiger partial charge < -0.3 is 5.11 Å². The van der Waals surface area contributed by atoms with Crippen molar-refractivity contribution in [1.82, 2.24) is 9.80 Å². The van der Waals surface area contributed by atoms with Gasteiger partial charge in [-0.25, -0.2) is 0 Å². The van der Waals surface area contributed by atoms with Crippen LogP contribution in [0.1, 0.15) is 17.2 Å². The van der Waals surface area contributed by atoms with E-state index in [1.54, 1.807) is 0 Å². The van der Waals surface area contributed by atoms with Crippen LogP contribution in [0.15, 0.2) is 66.7 Å². The summed E-state index contributed by atoms with van der Waals surface area (Å²) in [5, 5.41) is 10.3. The van der Waals surface area contributed by atoms with Crippen LogP contribution in [0, 0.1) is 0 Å². The molecule has 1 fully saturated rings. The summed E-state index contributed by atoms with van der Waals surface area (Å²) in [5.41, 5.74) is 2.26. The Labute approximate surface area is 144 Å². The summed E-state index contributed by atoms with van der Waals surface area (Å²) in [4.78, 5) is 4.82. The summed E-state index contributed by atoms with van der Waals surface area (Å²) in [7, 11) is 0. The Kier molecular flexibility index (Phi) is 6.19. The number of piperazine rings is 1. The van der Waals surface area contributed by atoms with Crippen molar-refractivity contribution in [2.75, 3.05) is 39.3 Å². The van der Waals surface area contributed by atoms with Crippen LogP contribution in [0.2, 0.25) is 0 Å². The lowest BCUT2D eigenvalue weighted by atomic mass is 10.1. The van der Waals surface area contributed by atoms with E-state index in [9.17, 15) is 5.11 Å². The number of hydrogen-bond acceptors (Lipinski definition) is 3. The molecule has 1 aliphatic rings. The van der Waals surface area contributed by atoms with Crippen LogP contribution in [0.25, 0.3) is 6.08 Å². The number of benzene rings is 2. The standard InChI is InChI=1S/C21H26N2O/c24-21(20-11-5-2-6-12-20)18-23-16-14-22(15-17-23)13-7-10-19-8-3-1-4-9-19/h1-12,21,24H,13-18H2/b10-7+. The lowest BCUT2D eigenvalue weighted by Gasteiger charge is -2.35. The zero-order chi connectivity index (χ0) is 16.6. The van der Waals surface area contributed by atoms with Crippen LogP contribution in [-0.2, 0) is 0 Å². The SMILES string of the molecule is OC(CN1CCN(C/C=C/c2ccccc2)CC1)c1ccccc1. The largest absolute Gasteiger partial charge is 0.387 e. The van der Waals surface area contributed by atoms with E-state index in [4.69, 9.17) is 0 Å². The van der Waals surface area contributed by atoms with Crippen LogP contribution in [0.3, 0.4) is 0 Å². The van der Waals surface area contributed by atoms with Crippen molar-refractivity contribution in [3.05, 3.63) is 77.9 Å². The first-order valence-electron chi connectivity index (χ1n) is 8.70. The average Bonchev–Trinajstić information content (AvgIpc) is 2.65. The summed E-state index contributed by atoms with van der Waals surface area (Å²) in [6.45, 7) is 5.86. The second kappa shape index (κ2) is 8.78. The quantitative estimate of drug-likeness (QED) is 0.885. The smallest absolute Gasteiger partial charge is 0.0916 e. The molecule has 0 amide bonds. The first-order valence-corrected chi connectivity index (χ1v) is 8.70. The number of rotatable bonds is 6. The Morgan fingerprint density at radius 3 is 2.08 bits per heavy atom. The molecule has 3 rings (SSSR count).